The van der Waals surface area contributed by atoms with E-state index >= 15 is 0 Å². The molecule has 6 heteroatoms. The van der Waals surface area contributed by atoms with Gasteiger partial charge in [-0.3, -0.25) is 4.79 Å². The van der Waals surface area contributed by atoms with Crippen LogP contribution in [0.2, 0.25) is 0 Å². The maximum atomic E-state index is 10.9. The molecule has 0 saturated heterocycles. The smallest absolute Gasteiger partial charge is 0.394 e. The SMILES string of the molecule is CN(Cc1cscn1)C(=O)C(=O)O. The average Bonchev–Trinajstić information content (AvgIpc) is 2.55. The Morgan fingerprint density at radius 1 is 1.69 bits per heavy atom. The fraction of sp³-hybridized carbons (Fsp3) is 0.286. The molecule has 0 aromatic carbocycles. The van der Waals surface area contributed by atoms with Crippen molar-refractivity contribution in [2.24, 2.45) is 0 Å². The molecule has 70 valence electrons. The Labute approximate surface area is 78.6 Å². The lowest BCUT2D eigenvalue weighted by Gasteiger charge is -2.11. The van der Waals surface area contributed by atoms with E-state index in [0.29, 0.717) is 5.69 Å². The van der Waals surface area contributed by atoms with Crippen molar-refractivity contribution in [2.45, 2.75) is 6.54 Å². The first-order chi connectivity index (χ1) is 6.11. The molecule has 1 heterocycles. The first kappa shape index (κ1) is 9.66. The molecule has 0 unspecified atom stereocenters. The number of aromatic nitrogens is 1. The largest absolute Gasteiger partial charge is 0.474 e. The summed E-state index contributed by atoms with van der Waals surface area (Å²) in [5.74, 6) is -2.37. The molecule has 0 aliphatic heterocycles. The summed E-state index contributed by atoms with van der Waals surface area (Å²) in [5.41, 5.74) is 2.33. The predicted molar refractivity (Wildman–Crippen MR) is 46.2 cm³/mol. The summed E-state index contributed by atoms with van der Waals surface area (Å²) in [6.07, 6.45) is 0. The van der Waals surface area contributed by atoms with Gasteiger partial charge in [0.1, 0.15) is 0 Å². The molecule has 5 nitrogen and oxygen atoms in total. The highest BCUT2D eigenvalue weighted by molar-refractivity contribution is 7.07. The quantitative estimate of drug-likeness (QED) is 0.691. The van der Waals surface area contributed by atoms with Gasteiger partial charge in [0.2, 0.25) is 0 Å². The van der Waals surface area contributed by atoms with Crippen molar-refractivity contribution in [3.05, 3.63) is 16.6 Å². The van der Waals surface area contributed by atoms with Crippen molar-refractivity contribution in [1.29, 1.82) is 0 Å². The summed E-state index contributed by atoms with van der Waals surface area (Å²) in [6.45, 7) is 0.231. The van der Waals surface area contributed by atoms with Crippen LogP contribution in [-0.4, -0.2) is 33.9 Å². The molecule has 1 amide bonds. The normalized spacial score (nSPS) is 9.62. The average molecular weight is 200 g/mol. The fourth-order valence-corrected chi connectivity index (χ4v) is 1.34. The Morgan fingerprint density at radius 2 is 2.38 bits per heavy atom. The van der Waals surface area contributed by atoms with Crippen LogP contribution in [0.4, 0.5) is 0 Å². The lowest BCUT2D eigenvalue weighted by atomic mass is 10.4. The highest BCUT2D eigenvalue weighted by Crippen LogP contribution is 2.03. The summed E-state index contributed by atoms with van der Waals surface area (Å²) < 4.78 is 0. The van der Waals surface area contributed by atoms with Gasteiger partial charge < -0.3 is 10.0 Å². The van der Waals surface area contributed by atoms with Crippen molar-refractivity contribution in [2.75, 3.05) is 7.05 Å². The molecular formula is C7H8N2O3S. The number of rotatable bonds is 2. The minimum absolute atomic E-state index is 0.231. The molecule has 0 spiro atoms. The van der Waals surface area contributed by atoms with Crippen LogP contribution in [0.5, 0.6) is 0 Å². The zero-order chi connectivity index (χ0) is 9.84. The maximum Gasteiger partial charge on any atom is 0.394 e. The predicted octanol–water partition coefficient (Wildman–Crippen LogP) is 0.186. The fourth-order valence-electron chi connectivity index (χ4n) is 0.794. The molecule has 0 bridgehead atoms. The van der Waals surface area contributed by atoms with E-state index in [-0.39, 0.29) is 6.54 Å². The van der Waals surface area contributed by atoms with Gasteiger partial charge in [-0.25, -0.2) is 9.78 Å². The number of carboxylic acid groups (broad SMARTS) is 1. The topological polar surface area (TPSA) is 70.5 Å². The van der Waals surface area contributed by atoms with Crippen LogP contribution in [0.15, 0.2) is 10.9 Å². The number of carbonyl (C=O) groups is 2. The van der Waals surface area contributed by atoms with Gasteiger partial charge in [0.15, 0.2) is 0 Å². The van der Waals surface area contributed by atoms with E-state index in [4.69, 9.17) is 5.11 Å². The third kappa shape index (κ3) is 2.51. The van der Waals surface area contributed by atoms with Gasteiger partial charge in [0, 0.05) is 12.4 Å². The molecule has 1 N–H and O–H groups in total. The van der Waals surface area contributed by atoms with Gasteiger partial charge in [-0.1, -0.05) is 0 Å². The lowest BCUT2D eigenvalue weighted by molar-refractivity contribution is -0.155. The second-order valence-electron chi connectivity index (χ2n) is 2.45. The first-order valence-electron chi connectivity index (χ1n) is 3.46. The molecule has 0 atom stereocenters. The number of carboxylic acids is 1. The molecule has 0 aliphatic rings. The summed E-state index contributed by atoms with van der Waals surface area (Å²) in [4.78, 5) is 26.2. The summed E-state index contributed by atoms with van der Waals surface area (Å²) in [7, 11) is 1.43. The van der Waals surface area contributed by atoms with Crippen molar-refractivity contribution in [3.8, 4) is 0 Å². The van der Waals surface area contributed by atoms with E-state index < -0.39 is 11.9 Å². The minimum Gasteiger partial charge on any atom is -0.474 e. The zero-order valence-corrected chi connectivity index (χ0v) is 7.74. The Kier molecular flexibility index (Phi) is 2.97. The van der Waals surface area contributed by atoms with Gasteiger partial charge in [0.25, 0.3) is 0 Å². The van der Waals surface area contributed by atoms with Crippen LogP contribution in [0.25, 0.3) is 0 Å². The van der Waals surface area contributed by atoms with Crippen molar-refractivity contribution in [3.63, 3.8) is 0 Å². The highest BCUT2D eigenvalue weighted by atomic mass is 32.1. The van der Waals surface area contributed by atoms with E-state index in [1.54, 1.807) is 10.9 Å². The van der Waals surface area contributed by atoms with Crippen LogP contribution >= 0.6 is 11.3 Å². The number of likely N-dealkylation sites (N-methyl/N-ethyl adjacent to an activating group) is 1. The number of nitrogens with zero attached hydrogens (tertiary/aromatic N) is 2. The van der Waals surface area contributed by atoms with Crippen molar-refractivity contribution < 1.29 is 14.7 Å². The van der Waals surface area contributed by atoms with Gasteiger partial charge in [-0.05, 0) is 0 Å². The molecule has 1 aromatic heterocycles. The molecule has 0 fully saturated rings. The Hall–Kier alpha value is -1.43. The van der Waals surface area contributed by atoms with E-state index in [9.17, 15) is 9.59 Å². The van der Waals surface area contributed by atoms with E-state index in [1.165, 1.54) is 18.4 Å². The Balaban J connectivity index is 2.55. The van der Waals surface area contributed by atoms with Gasteiger partial charge >= 0.3 is 11.9 Å². The van der Waals surface area contributed by atoms with E-state index in [1.807, 2.05) is 0 Å². The third-order valence-electron chi connectivity index (χ3n) is 1.41. The number of hydrogen-bond donors (Lipinski definition) is 1. The summed E-state index contributed by atoms with van der Waals surface area (Å²) in [6, 6.07) is 0. The number of aliphatic carboxylic acids is 1. The number of hydrogen-bond acceptors (Lipinski definition) is 4. The Bertz CT molecular complexity index is 310. The number of amides is 1. The van der Waals surface area contributed by atoms with E-state index in [0.717, 1.165) is 4.90 Å². The number of carbonyl (C=O) groups excluding carboxylic acids is 1. The summed E-state index contributed by atoms with van der Waals surface area (Å²) in [5, 5.41) is 10.1. The van der Waals surface area contributed by atoms with Crippen LogP contribution in [-0.2, 0) is 16.1 Å². The molecule has 13 heavy (non-hydrogen) atoms. The van der Waals surface area contributed by atoms with Crippen molar-refractivity contribution in [1.82, 2.24) is 9.88 Å². The monoisotopic (exact) mass is 200 g/mol. The second-order valence-corrected chi connectivity index (χ2v) is 3.16. The molecule has 0 saturated carbocycles. The molecule has 0 radical (unpaired) electrons. The minimum atomic E-state index is -1.45. The molecular weight excluding hydrogens is 192 g/mol. The van der Waals surface area contributed by atoms with Gasteiger partial charge in [-0.2, -0.15) is 0 Å². The maximum absolute atomic E-state index is 10.9. The van der Waals surface area contributed by atoms with Crippen molar-refractivity contribution >= 4 is 23.2 Å². The van der Waals surface area contributed by atoms with Crippen LogP contribution in [0.1, 0.15) is 5.69 Å². The number of thiazole rings is 1. The standard InChI is InChI=1S/C7H8N2O3S/c1-9(6(10)7(11)12)2-5-3-13-4-8-5/h3-4H,2H2,1H3,(H,11,12). The second kappa shape index (κ2) is 3.99. The van der Waals surface area contributed by atoms with Crippen LogP contribution < -0.4 is 0 Å². The van der Waals surface area contributed by atoms with Gasteiger partial charge in [0.05, 0.1) is 17.7 Å². The molecule has 1 rings (SSSR count). The molecule has 0 aliphatic carbocycles. The first-order valence-corrected chi connectivity index (χ1v) is 4.41. The van der Waals surface area contributed by atoms with E-state index in [2.05, 4.69) is 4.98 Å². The molecule has 1 aromatic rings. The lowest BCUT2D eigenvalue weighted by Crippen LogP contribution is -2.32. The third-order valence-corrected chi connectivity index (χ3v) is 2.05. The van der Waals surface area contributed by atoms with Gasteiger partial charge in [-0.15, -0.1) is 11.3 Å². The zero-order valence-electron chi connectivity index (χ0n) is 6.93. The van der Waals surface area contributed by atoms with Crippen LogP contribution in [0, 0.1) is 0 Å². The highest BCUT2D eigenvalue weighted by Gasteiger charge is 2.17. The van der Waals surface area contributed by atoms with Crippen LogP contribution in [0.3, 0.4) is 0 Å². The summed E-state index contributed by atoms with van der Waals surface area (Å²) >= 11 is 1.41. The Morgan fingerprint density at radius 3 is 2.85 bits per heavy atom.